The van der Waals surface area contributed by atoms with Gasteiger partial charge in [-0.25, -0.2) is 28.4 Å². The van der Waals surface area contributed by atoms with E-state index in [1.54, 1.807) is 48.6 Å². The van der Waals surface area contributed by atoms with Gasteiger partial charge in [-0.15, -0.1) is 0 Å². The summed E-state index contributed by atoms with van der Waals surface area (Å²) in [6.45, 7) is 0. The van der Waals surface area contributed by atoms with Gasteiger partial charge < -0.3 is 0 Å². The van der Waals surface area contributed by atoms with Crippen LogP contribution in [0.3, 0.4) is 0 Å². The second kappa shape index (κ2) is 8.57. The first kappa shape index (κ1) is 22.1. The van der Waals surface area contributed by atoms with Crippen molar-refractivity contribution in [1.29, 1.82) is 0 Å². The van der Waals surface area contributed by atoms with Crippen molar-refractivity contribution in [3.05, 3.63) is 125 Å². The summed E-state index contributed by atoms with van der Waals surface area (Å²) in [6.07, 6.45) is 20.1. The smallest absolute Gasteiger partial charge is 0.208 e. The normalized spacial score (nSPS) is 19.8. The molecule has 5 heterocycles. The topological polar surface area (TPSA) is 83.6 Å². The summed E-state index contributed by atoms with van der Waals surface area (Å²) in [7, 11) is -3.77. The van der Waals surface area contributed by atoms with Crippen LogP contribution in [0.25, 0.3) is 0 Å². The number of rotatable bonds is 2. The Kier molecular flexibility index (Phi) is 5.57. The fourth-order valence-electron chi connectivity index (χ4n) is 3.81. The number of hydrogen-bond donors (Lipinski definition) is 0. The fourth-order valence-corrected chi connectivity index (χ4v) is 5.24. The molecule has 0 saturated carbocycles. The second-order valence-electron chi connectivity index (χ2n) is 7.71. The Hall–Kier alpha value is -3.71. The minimum absolute atomic E-state index is 0. The van der Waals surface area contributed by atoms with Gasteiger partial charge in [0.1, 0.15) is 0 Å². The van der Waals surface area contributed by atoms with Gasteiger partial charge in [0.25, 0.3) is 0 Å². The molecule has 8 heteroatoms. The van der Waals surface area contributed by atoms with Crippen LogP contribution in [0.1, 0.15) is 0 Å². The molecule has 1 radical (unpaired) electrons. The molecule has 1 aromatic rings. The van der Waals surface area contributed by atoms with Gasteiger partial charge in [0.05, 0.1) is 55.4 Å². The Balaban J connectivity index is 0.00000241. The van der Waals surface area contributed by atoms with Crippen LogP contribution in [0, 0.1) is 0 Å². The number of sulfone groups is 1. The standard InChI is InChI=1S/C26H16N4O2S.Cu/c31-33(32,24-4-2-1-3-5-24)26-16-23-14-21-9-8-19(28-21)12-17-6-7-18(27-17)13-20-10-11-22(29-20)15-25(26)30-23;/h1-16H;. The van der Waals surface area contributed by atoms with Crippen LogP contribution in [0.5, 0.6) is 0 Å². The SMILES string of the molecule is O=S(=O)(C1=CC2=CC3=NC(=CC4=NC(=CC5=NC(=CC1=N2)C=C5)C=C4)C=C3)c1ccccc1.[Cu]. The second-order valence-corrected chi connectivity index (χ2v) is 9.63. The molecule has 0 unspecified atom stereocenters. The zero-order valence-electron chi connectivity index (χ0n) is 17.6. The zero-order valence-corrected chi connectivity index (χ0v) is 19.3. The Morgan fingerprint density at radius 2 is 1.03 bits per heavy atom. The summed E-state index contributed by atoms with van der Waals surface area (Å²) < 4.78 is 26.8. The summed E-state index contributed by atoms with van der Waals surface area (Å²) in [5.41, 5.74) is 5.26. The number of aliphatic imine (C=N–C) groups is 4. The molecule has 0 saturated heterocycles. The predicted octanol–water partition coefficient (Wildman–Crippen LogP) is 4.38. The maximum absolute atomic E-state index is 13.4. The first-order valence-electron chi connectivity index (χ1n) is 10.3. The van der Waals surface area contributed by atoms with Crippen molar-refractivity contribution in [3.63, 3.8) is 0 Å². The van der Waals surface area contributed by atoms with Gasteiger partial charge in [0.15, 0.2) is 0 Å². The van der Waals surface area contributed by atoms with Crippen LogP contribution in [-0.2, 0) is 26.9 Å². The third-order valence-corrected chi connectivity index (χ3v) is 7.14. The van der Waals surface area contributed by atoms with Gasteiger partial charge >= 0.3 is 0 Å². The monoisotopic (exact) mass is 511 g/mol. The molecule has 0 N–H and O–H groups in total. The Bertz CT molecular complexity index is 1590. The molecule has 34 heavy (non-hydrogen) atoms. The number of hydrogen-bond acceptors (Lipinski definition) is 6. The van der Waals surface area contributed by atoms with Crippen LogP contribution < -0.4 is 0 Å². The summed E-state index contributed by atoms with van der Waals surface area (Å²) in [4.78, 5) is 18.7. The summed E-state index contributed by atoms with van der Waals surface area (Å²) in [5.74, 6) is 0. The Morgan fingerprint density at radius 1 is 0.529 bits per heavy atom. The molecule has 0 aromatic heterocycles. The van der Waals surface area contributed by atoms with Crippen LogP contribution in [0.15, 0.2) is 150 Å². The largest absolute Gasteiger partial charge is 0.249 e. The van der Waals surface area contributed by atoms with Crippen LogP contribution in [-0.4, -0.2) is 31.3 Å². The van der Waals surface area contributed by atoms with Crippen LogP contribution in [0.4, 0.5) is 0 Å². The molecule has 0 spiro atoms. The number of benzene rings is 1. The van der Waals surface area contributed by atoms with E-state index in [9.17, 15) is 8.42 Å². The minimum Gasteiger partial charge on any atom is -0.249 e. The third-order valence-electron chi connectivity index (χ3n) is 5.35. The van der Waals surface area contributed by atoms with E-state index in [1.807, 2.05) is 48.6 Å². The molecule has 6 nitrogen and oxygen atoms in total. The van der Waals surface area contributed by atoms with E-state index in [4.69, 9.17) is 0 Å². The van der Waals surface area contributed by atoms with Crippen molar-refractivity contribution in [1.82, 2.24) is 0 Å². The van der Waals surface area contributed by atoms with E-state index in [0.717, 1.165) is 22.8 Å². The molecule has 0 fully saturated rings. The average Bonchev–Trinajstić information content (AvgIpc) is 3.59. The molecule has 0 aliphatic carbocycles. The summed E-state index contributed by atoms with van der Waals surface area (Å²) >= 11 is 0. The van der Waals surface area contributed by atoms with E-state index in [-0.39, 0.29) is 26.9 Å². The quantitative estimate of drug-likeness (QED) is 0.552. The first-order valence-corrected chi connectivity index (χ1v) is 11.8. The van der Waals surface area contributed by atoms with Crippen molar-refractivity contribution < 1.29 is 25.5 Å². The molecule has 0 amide bonds. The zero-order chi connectivity index (χ0) is 22.4. The molecule has 6 rings (SSSR count). The van der Waals surface area contributed by atoms with Crippen molar-refractivity contribution >= 4 is 32.7 Å². The maximum atomic E-state index is 13.4. The van der Waals surface area contributed by atoms with E-state index >= 15 is 0 Å². The molecule has 0 atom stereocenters. The van der Waals surface area contributed by atoms with Gasteiger partial charge in [-0.1, -0.05) is 18.2 Å². The van der Waals surface area contributed by atoms with Crippen molar-refractivity contribution in [2.24, 2.45) is 20.0 Å². The Morgan fingerprint density at radius 3 is 1.59 bits per heavy atom. The minimum atomic E-state index is -3.77. The van der Waals surface area contributed by atoms with Gasteiger partial charge in [0, 0.05) is 17.1 Å². The molecule has 169 valence electrons. The summed E-state index contributed by atoms with van der Waals surface area (Å²) in [6, 6.07) is 8.36. The van der Waals surface area contributed by atoms with E-state index in [0.29, 0.717) is 22.8 Å². The van der Waals surface area contributed by atoms with Crippen LogP contribution >= 0.6 is 0 Å². The number of fused-ring (bicyclic) bond motifs is 4. The van der Waals surface area contributed by atoms with Crippen molar-refractivity contribution in [2.75, 3.05) is 0 Å². The van der Waals surface area contributed by atoms with Crippen molar-refractivity contribution in [3.8, 4) is 0 Å². The van der Waals surface area contributed by atoms with Gasteiger partial charge in [-0.2, -0.15) is 0 Å². The molecular formula is C26H16CuN4O2S. The van der Waals surface area contributed by atoms with Gasteiger partial charge in [0.2, 0.25) is 9.84 Å². The maximum Gasteiger partial charge on any atom is 0.208 e. The number of nitrogens with zero attached hydrogens (tertiary/aromatic N) is 4. The van der Waals surface area contributed by atoms with E-state index in [2.05, 4.69) is 20.0 Å². The molecule has 5 aliphatic heterocycles. The van der Waals surface area contributed by atoms with E-state index in [1.165, 1.54) is 0 Å². The van der Waals surface area contributed by atoms with Crippen molar-refractivity contribution in [2.45, 2.75) is 4.90 Å². The molecule has 5 aliphatic rings. The first-order chi connectivity index (χ1) is 16.0. The molecule has 1 aromatic carbocycles. The average molecular weight is 512 g/mol. The Labute approximate surface area is 207 Å². The summed E-state index contributed by atoms with van der Waals surface area (Å²) in [5, 5.41) is 0. The van der Waals surface area contributed by atoms with E-state index < -0.39 is 9.84 Å². The number of allylic oxidation sites excluding steroid dienone is 12. The molecule has 8 bridgehead atoms. The molecular weight excluding hydrogens is 496 g/mol. The van der Waals surface area contributed by atoms with Gasteiger partial charge in [-0.3, -0.25) is 0 Å². The third kappa shape index (κ3) is 4.15. The fraction of sp³-hybridized carbons (Fsp3) is 0. The predicted molar refractivity (Wildman–Crippen MR) is 131 cm³/mol. The van der Waals surface area contributed by atoms with Crippen LogP contribution in [0.2, 0.25) is 0 Å². The van der Waals surface area contributed by atoms with Gasteiger partial charge in [-0.05, 0) is 79.0 Å².